The second kappa shape index (κ2) is 8.17. The highest BCUT2D eigenvalue weighted by Gasteiger charge is 2.36. The van der Waals surface area contributed by atoms with Gasteiger partial charge in [-0.1, -0.05) is 17.9 Å². The van der Waals surface area contributed by atoms with Crippen molar-refractivity contribution in [3.05, 3.63) is 46.5 Å². The molecule has 1 aromatic carbocycles. The first-order valence-corrected chi connectivity index (χ1v) is 10.5. The zero-order valence-corrected chi connectivity index (χ0v) is 18.7. The Kier molecular flexibility index (Phi) is 5.67. The molecule has 3 heterocycles. The molecule has 0 saturated carbocycles. The Labute approximate surface area is 186 Å². The normalized spacial score (nSPS) is 16.3. The molecular weight excluding hydrogens is 411 g/mol. The van der Waals surface area contributed by atoms with Gasteiger partial charge in [0.25, 0.3) is 5.91 Å². The van der Waals surface area contributed by atoms with Crippen LogP contribution in [-0.2, 0) is 11.3 Å². The number of hydrogen-bond acceptors (Lipinski definition) is 5. The van der Waals surface area contributed by atoms with E-state index in [0.717, 1.165) is 23.3 Å². The number of amides is 1. The molecule has 1 aliphatic carbocycles. The number of carbonyl (C=O) groups excluding carboxylic acids is 1. The van der Waals surface area contributed by atoms with Gasteiger partial charge in [0.1, 0.15) is 17.2 Å². The van der Waals surface area contributed by atoms with Gasteiger partial charge >= 0.3 is 0 Å². The molecule has 0 radical (unpaired) electrons. The molecule has 32 heavy (non-hydrogen) atoms. The molecule has 5 rings (SSSR count). The SMILES string of the molecule is COCCN(C)Cc1c(C(N)=O)nc2n1C1C=C(C1)c1cc(F)c(C#CC(C)(C)O)cc1-2. The third kappa shape index (κ3) is 4.07. The van der Waals surface area contributed by atoms with E-state index in [-0.39, 0.29) is 17.3 Å². The number of primary amides is 1. The third-order valence-corrected chi connectivity index (χ3v) is 5.69. The van der Waals surface area contributed by atoms with Crippen molar-refractivity contribution in [2.24, 2.45) is 5.73 Å². The van der Waals surface area contributed by atoms with Crippen LogP contribution in [0.15, 0.2) is 18.2 Å². The van der Waals surface area contributed by atoms with Crippen LogP contribution in [0.25, 0.3) is 17.0 Å². The first-order valence-electron chi connectivity index (χ1n) is 10.5. The Balaban J connectivity index is 1.87. The van der Waals surface area contributed by atoms with Crippen LogP contribution in [0.3, 0.4) is 0 Å². The monoisotopic (exact) mass is 438 g/mol. The number of methoxy groups -OCH3 is 1. The molecule has 1 unspecified atom stereocenters. The van der Waals surface area contributed by atoms with Crippen molar-refractivity contribution in [1.29, 1.82) is 0 Å². The van der Waals surface area contributed by atoms with E-state index >= 15 is 0 Å². The minimum Gasteiger partial charge on any atom is -0.383 e. The van der Waals surface area contributed by atoms with Gasteiger partial charge < -0.3 is 20.1 Å². The Morgan fingerprint density at radius 2 is 2.16 bits per heavy atom. The smallest absolute Gasteiger partial charge is 0.269 e. The van der Waals surface area contributed by atoms with Crippen molar-refractivity contribution < 1.29 is 19.0 Å². The van der Waals surface area contributed by atoms with Crippen LogP contribution in [0.2, 0.25) is 0 Å². The number of hydrogen-bond donors (Lipinski definition) is 2. The fraction of sp³-hybridized carbons (Fsp3) is 0.417. The predicted molar refractivity (Wildman–Crippen MR) is 119 cm³/mol. The van der Waals surface area contributed by atoms with Crippen LogP contribution in [0, 0.1) is 17.7 Å². The number of benzene rings is 1. The summed E-state index contributed by atoms with van der Waals surface area (Å²) in [7, 11) is 3.58. The first kappa shape index (κ1) is 22.2. The number of nitrogens with zero attached hydrogens (tertiary/aromatic N) is 3. The number of aliphatic hydroxyl groups is 1. The molecule has 0 spiro atoms. The maximum Gasteiger partial charge on any atom is 0.269 e. The van der Waals surface area contributed by atoms with Crippen molar-refractivity contribution >= 4 is 11.5 Å². The van der Waals surface area contributed by atoms with Gasteiger partial charge in [-0.25, -0.2) is 9.37 Å². The molecule has 168 valence electrons. The van der Waals surface area contributed by atoms with Gasteiger partial charge in [-0.15, -0.1) is 0 Å². The standard InChI is InChI=1S/C24H27FN4O3/c1-24(2,31)6-5-14-11-18-17(12-19(14)25)15-9-16(10-15)29-20(13-28(3)7-8-32-4)21(22(26)30)27-23(18)29/h9,11-12,16,31H,7-8,10,13H2,1-4H3,(H2,26,30). The van der Waals surface area contributed by atoms with Crippen LogP contribution in [-0.4, -0.2) is 58.4 Å². The molecule has 2 aliphatic heterocycles. The summed E-state index contributed by atoms with van der Waals surface area (Å²) in [5.74, 6) is 4.91. The molecule has 3 aliphatic rings. The molecule has 2 bridgehead atoms. The number of allylic oxidation sites excluding steroid dienone is 2. The van der Waals surface area contributed by atoms with Gasteiger partial charge in [0.15, 0.2) is 5.69 Å². The number of aromatic nitrogens is 2. The summed E-state index contributed by atoms with van der Waals surface area (Å²) in [6.45, 7) is 4.79. The molecule has 3 N–H and O–H groups in total. The minimum atomic E-state index is -1.25. The Morgan fingerprint density at radius 3 is 2.78 bits per heavy atom. The maximum atomic E-state index is 14.8. The van der Waals surface area contributed by atoms with Crippen molar-refractivity contribution in [3.63, 3.8) is 0 Å². The van der Waals surface area contributed by atoms with Crippen molar-refractivity contribution in [3.8, 4) is 23.2 Å². The second-order valence-electron chi connectivity index (χ2n) is 8.85. The lowest BCUT2D eigenvalue weighted by atomic mass is 9.86. The van der Waals surface area contributed by atoms with Gasteiger partial charge in [-0.2, -0.15) is 0 Å². The van der Waals surface area contributed by atoms with Gasteiger partial charge in [0, 0.05) is 25.8 Å². The lowest BCUT2D eigenvalue weighted by Crippen LogP contribution is -2.27. The topological polar surface area (TPSA) is 93.6 Å². The molecule has 0 fully saturated rings. The summed E-state index contributed by atoms with van der Waals surface area (Å²) >= 11 is 0. The summed E-state index contributed by atoms with van der Waals surface area (Å²) in [5, 5.41) is 9.92. The molecule has 8 heteroatoms. The van der Waals surface area contributed by atoms with Gasteiger partial charge in [0.05, 0.1) is 23.9 Å². The van der Waals surface area contributed by atoms with Crippen molar-refractivity contribution in [2.45, 2.75) is 38.5 Å². The summed E-state index contributed by atoms with van der Waals surface area (Å²) in [6.07, 6.45) is 2.79. The van der Waals surface area contributed by atoms with E-state index in [1.165, 1.54) is 6.07 Å². The Hall–Kier alpha value is -2.99. The summed E-state index contributed by atoms with van der Waals surface area (Å²) in [6, 6.07) is 3.13. The largest absolute Gasteiger partial charge is 0.383 e. The highest BCUT2D eigenvalue weighted by Crippen LogP contribution is 2.48. The van der Waals surface area contributed by atoms with Crippen LogP contribution < -0.4 is 5.73 Å². The number of carbonyl (C=O) groups is 1. The number of imidazole rings is 1. The molecule has 7 nitrogen and oxygen atoms in total. The molecule has 0 saturated heterocycles. The zero-order valence-electron chi connectivity index (χ0n) is 18.7. The van der Waals surface area contributed by atoms with Gasteiger partial charge in [-0.05, 0) is 50.6 Å². The number of rotatable bonds is 6. The number of likely N-dealkylation sites (N-methyl/N-ethyl adjacent to an activating group) is 1. The number of halogens is 1. The van der Waals surface area contributed by atoms with Crippen LogP contribution in [0.5, 0.6) is 0 Å². The van der Waals surface area contributed by atoms with E-state index in [4.69, 9.17) is 10.5 Å². The molecule has 1 aromatic heterocycles. The van der Waals surface area contributed by atoms with E-state index in [1.54, 1.807) is 27.0 Å². The molecule has 2 aromatic rings. The number of nitrogens with two attached hydrogens (primary N) is 1. The minimum absolute atomic E-state index is 0.0211. The van der Waals surface area contributed by atoms with Crippen molar-refractivity contribution in [2.75, 3.05) is 27.3 Å². The van der Waals surface area contributed by atoms with E-state index in [1.807, 2.05) is 16.5 Å². The summed E-state index contributed by atoms with van der Waals surface area (Å²) < 4.78 is 22.0. The highest BCUT2D eigenvalue weighted by molar-refractivity contribution is 5.94. The summed E-state index contributed by atoms with van der Waals surface area (Å²) in [5.41, 5.74) is 8.03. The highest BCUT2D eigenvalue weighted by atomic mass is 19.1. The van der Waals surface area contributed by atoms with Gasteiger partial charge in [-0.3, -0.25) is 9.69 Å². The van der Waals surface area contributed by atoms with Crippen molar-refractivity contribution in [1.82, 2.24) is 14.5 Å². The molecule has 1 atom stereocenters. The fourth-order valence-electron chi connectivity index (χ4n) is 4.07. The fourth-order valence-corrected chi connectivity index (χ4v) is 4.07. The third-order valence-electron chi connectivity index (χ3n) is 5.69. The van der Waals surface area contributed by atoms with E-state index < -0.39 is 17.3 Å². The lowest BCUT2D eigenvalue weighted by Gasteiger charge is -2.27. The second-order valence-corrected chi connectivity index (χ2v) is 8.85. The zero-order chi connectivity index (χ0) is 23.2. The van der Waals surface area contributed by atoms with Gasteiger partial charge in [0.2, 0.25) is 0 Å². The van der Waals surface area contributed by atoms with Crippen LogP contribution in [0.1, 0.15) is 53.6 Å². The molecule has 1 amide bonds. The average molecular weight is 439 g/mol. The average Bonchev–Trinajstić information content (AvgIpc) is 2.90. The first-order chi connectivity index (χ1) is 15.1. The Morgan fingerprint density at radius 1 is 1.44 bits per heavy atom. The quantitative estimate of drug-likeness (QED) is 0.676. The van der Waals surface area contributed by atoms with E-state index in [2.05, 4.69) is 22.9 Å². The van der Waals surface area contributed by atoms with Crippen LogP contribution >= 0.6 is 0 Å². The van der Waals surface area contributed by atoms with E-state index in [0.29, 0.717) is 31.1 Å². The number of ether oxygens (including phenoxy) is 1. The van der Waals surface area contributed by atoms with Crippen LogP contribution in [0.4, 0.5) is 4.39 Å². The lowest BCUT2D eigenvalue weighted by molar-refractivity contribution is 0.0993. The van der Waals surface area contributed by atoms with E-state index in [9.17, 15) is 14.3 Å². The molecular formula is C24H27FN4O3. The summed E-state index contributed by atoms with van der Waals surface area (Å²) in [4.78, 5) is 18.9. The Bertz CT molecular complexity index is 1180. The predicted octanol–water partition coefficient (Wildman–Crippen LogP) is 2.33. The maximum absolute atomic E-state index is 14.8.